The molecular weight excluding hydrogens is 270 g/mol. The minimum absolute atomic E-state index is 0.0213. The van der Waals surface area contributed by atoms with E-state index in [1.54, 1.807) is 11.3 Å². The van der Waals surface area contributed by atoms with Crippen LogP contribution in [0, 0.1) is 0 Å². The van der Waals surface area contributed by atoms with Crippen LogP contribution in [0.15, 0.2) is 0 Å². The van der Waals surface area contributed by atoms with Gasteiger partial charge >= 0.3 is 0 Å². The zero-order valence-corrected chi connectivity index (χ0v) is 13.1. The summed E-state index contributed by atoms with van der Waals surface area (Å²) in [5, 5.41) is 4.26. The van der Waals surface area contributed by atoms with E-state index in [2.05, 4.69) is 24.2 Å². The summed E-state index contributed by atoms with van der Waals surface area (Å²) in [4.78, 5) is 15.3. The van der Waals surface area contributed by atoms with Gasteiger partial charge in [-0.3, -0.25) is 4.79 Å². The van der Waals surface area contributed by atoms with Crippen molar-refractivity contribution in [2.45, 2.75) is 51.0 Å². The number of nitrogens with two attached hydrogens (primary N) is 1. The second-order valence-electron chi connectivity index (χ2n) is 6.01. The van der Waals surface area contributed by atoms with Crippen LogP contribution in [0.2, 0.25) is 0 Å². The summed E-state index contributed by atoms with van der Waals surface area (Å²) < 4.78 is 0. The molecule has 0 spiro atoms. The molecule has 3 rings (SSSR count). The van der Waals surface area contributed by atoms with Gasteiger partial charge in [0.25, 0.3) is 5.91 Å². The van der Waals surface area contributed by atoms with Crippen LogP contribution in [-0.4, -0.2) is 25.5 Å². The van der Waals surface area contributed by atoms with Crippen LogP contribution in [0.4, 0.5) is 10.7 Å². The molecule has 0 radical (unpaired) electrons. The SMILES string of the molecule is CCCN(C)c1sc(C(=O)NC2CC2)c(N)c1C1CC1. The molecular formula is C15H23N3OS. The second kappa shape index (κ2) is 5.28. The number of nitrogens with zero attached hydrogens (tertiary/aromatic N) is 1. The van der Waals surface area contributed by atoms with Gasteiger partial charge < -0.3 is 16.0 Å². The summed E-state index contributed by atoms with van der Waals surface area (Å²) in [5.74, 6) is 0.594. The molecule has 110 valence electrons. The summed E-state index contributed by atoms with van der Waals surface area (Å²) in [6.07, 6.45) is 5.72. The number of carbonyl (C=O) groups excluding carboxylic acids is 1. The zero-order valence-electron chi connectivity index (χ0n) is 12.2. The monoisotopic (exact) mass is 293 g/mol. The molecule has 2 saturated carbocycles. The van der Waals surface area contributed by atoms with Crippen molar-refractivity contribution in [2.75, 3.05) is 24.2 Å². The first-order valence-electron chi connectivity index (χ1n) is 7.56. The van der Waals surface area contributed by atoms with E-state index in [1.807, 2.05) is 0 Å². The smallest absolute Gasteiger partial charge is 0.263 e. The summed E-state index contributed by atoms with van der Waals surface area (Å²) in [6, 6.07) is 0.380. The van der Waals surface area contributed by atoms with Crippen LogP contribution in [0.5, 0.6) is 0 Å². The predicted octanol–water partition coefficient (Wildman–Crippen LogP) is 2.95. The fraction of sp³-hybridized carbons (Fsp3) is 0.667. The highest BCUT2D eigenvalue weighted by atomic mass is 32.1. The maximum absolute atomic E-state index is 12.3. The first-order valence-corrected chi connectivity index (χ1v) is 8.37. The average molecular weight is 293 g/mol. The molecule has 5 heteroatoms. The Labute approximate surface area is 124 Å². The third kappa shape index (κ3) is 2.64. The van der Waals surface area contributed by atoms with Gasteiger partial charge in [0.2, 0.25) is 0 Å². The van der Waals surface area contributed by atoms with E-state index in [0.29, 0.717) is 12.0 Å². The van der Waals surface area contributed by atoms with Crippen molar-refractivity contribution in [1.29, 1.82) is 0 Å². The summed E-state index contributed by atoms with van der Waals surface area (Å²) in [5.41, 5.74) is 8.26. The third-order valence-corrected chi connectivity index (χ3v) is 5.31. The molecule has 1 aromatic heterocycles. The van der Waals surface area contributed by atoms with Crippen molar-refractivity contribution in [1.82, 2.24) is 5.32 Å². The lowest BCUT2D eigenvalue weighted by molar-refractivity contribution is 0.0956. The topological polar surface area (TPSA) is 58.4 Å². The predicted molar refractivity (Wildman–Crippen MR) is 84.8 cm³/mol. The molecule has 1 heterocycles. The molecule has 1 amide bonds. The highest BCUT2D eigenvalue weighted by Crippen LogP contribution is 2.51. The zero-order chi connectivity index (χ0) is 14.3. The Kier molecular flexibility index (Phi) is 3.63. The molecule has 2 fully saturated rings. The fourth-order valence-corrected chi connectivity index (χ4v) is 3.78. The number of amides is 1. The Morgan fingerprint density at radius 2 is 2.10 bits per heavy atom. The van der Waals surface area contributed by atoms with E-state index in [9.17, 15) is 4.79 Å². The van der Waals surface area contributed by atoms with E-state index >= 15 is 0 Å². The van der Waals surface area contributed by atoms with Crippen LogP contribution in [-0.2, 0) is 0 Å². The Bertz CT molecular complexity index is 517. The lowest BCUT2D eigenvalue weighted by Gasteiger charge is -2.18. The summed E-state index contributed by atoms with van der Waals surface area (Å²) >= 11 is 1.57. The van der Waals surface area contributed by atoms with Crippen molar-refractivity contribution >= 4 is 27.9 Å². The van der Waals surface area contributed by atoms with Crippen molar-refractivity contribution in [3.05, 3.63) is 10.4 Å². The van der Waals surface area contributed by atoms with Gasteiger partial charge in [0.05, 0.1) is 10.7 Å². The van der Waals surface area contributed by atoms with Crippen molar-refractivity contribution < 1.29 is 4.79 Å². The molecule has 3 N–H and O–H groups in total. The summed E-state index contributed by atoms with van der Waals surface area (Å²) in [7, 11) is 2.10. The lowest BCUT2D eigenvalue weighted by Crippen LogP contribution is -2.25. The molecule has 2 aliphatic carbocycles. The number of hydrogen-bond acceptors (Lipinski definition) is 4. The van der Waals surface area contributed by atoms with Gasteiger partial charge in [-0.15, -0.1) is 11.3 Å². The molecule has 1 aromatic rings. The number of carbonyl (C=O) groups is 1. The van der Waals surface area contributed by atoms with Crippen molar-refractivity contribution in [2.24, 2.45) is 0 Å². The van der Waals surface area contributed by atoms with Gasteiger partial charge in [-0.25, -0.2) is 0 Å². The quantitative estimate of drug-likeness (QED) is 0.848. The van der Waals surface area contributed by atoms with E-state index in [0.717, 1.165) is 36.4 Å². The number of thiophene rings is 1. The van der Waals surface area contributed by atoms with Gasteiger partial charge in [-0.1, -0.05) is 6.92 Å². The molecule has 2 aliphatic rings. The minimum atomic E-state index is 0.0213. The van der Waals surface area contributed by atoms with Gasteiger partial charge in [0.15, 0.2) is 0 Å². The fourth-order valence-electron chi connectivity index (χ4n) is 2.58. The highest BCUT2D eigenvalue weighted by molar-refractivity contribution is 7.18. The summed E-state index contributed by atoms with van der Waals surface area (Å²) in [6.45, 7) is 3.17. The normalized spacial score (nSPS) is 18.1. The molecule has 0 saturated heterocycles. The minimum Gasteiger partial charge on any atom is -0.397 e. The largest absolute Gasteiger partial charge is 0.397 e. The number of nitrogen functional groups attached to an aromatic ring is 1. The van der Waals surface area contributed by atoms with Crippen molar-refractivity contribution in [3.63, 3.8) is 0 Å². The number of hydrogen-bond donors (Lipinski definition) is 2. The first kappa shape index (κ1) is 13.7. The molecule has 0 aromatic carbocycles. The molecule has 0 unspecified atom stereocenters. The van der Waals surface area contributed by atoms with Crippen LogP contribution in [0.3, 0.4) is 0 Å². The van der Waals surface area contributed by atoms with Crippen LogP contribution in [0.25, 0.3) is 0 Å². The molecule has 0 aliphatic heterocycles. The number of anilines is 2. The van der Waals surface area contributed by atoms with E-state index in [-0.39, 0.29) is 5.91 Å². The first-order chi connectivity index (χ1) is 9.61. The Morgan fingerprint density at radius 3 is 2.65 bits per heavy atom. The van der Waals surface area contributed by atoms with Gasteiger partial charge in [0, 0.05) is 25.2 Å². The maximum atomic E-state index is 12.3. The lowest BCUT2D eigenvalue weighted by atomic mass is 10.1. The van der Waals surface area contributed by atoms with Crippen LogP contribution in [0.1, 0.15) is 60.2 Å². The third-order valence-electron chi connectivity index (χ3n) is 3.97. The molecule has 0 bridgehead atoms. The van der Waals surface area contributed by atoms with Crippen LogP contribution < -0.4 is 16.0 Å². The van der Waals surface area contributed by atoms with Gasteiger partial charge in [-0.2, -0.15) is 0 Å². The van der Waals surface area contributed by atoms with Crippen molar-refractivity contribution in [3.8, 4) is 0 Å². The molecule has 4 nitrogen and oxygen atoms in total. The Hall–Kier alpha value is -1.23. The van der Waals surface area contributed by atoms with E-state index in [1.165, 1.54) is 23.4 Å². The van der Waals surface area contributed by atoms with Gasteiger partial charge in [0.1, 0.15) is 4.88 Å². The van der Waals surface area contributed by atoms with Gasteiger partial charge in [-0.05, 0) is 38.0 Å². The Morgan fingerprint density at radius 1 is 1.40 bits per heavy atom. The van der Waals surface area contributed by atoms with E-state index < -0.39 is 0 Å². The van der Waals surface area contributed by atoms with E-state index in [4.69, 9.17) is 5.73 Å². The Balaban J connectivity index is 1.89. The maximum Gasteiger partial charge on any atom is 0.263 e. The molecule has 20 heavy (non-hydrogen) atoms. The van der Waals surface area contributed by atoms with Crippen LogP contribution >= 0.6 is 11.3 Å². The standard InChI is InChI=1S/C15H23N3OS/c1-3-8-18(2)15-11(9-4-5-9)12(16)13(20-15)14(19)17-10-6-7-10/h9-10H,3-8,16H2,1-2H3,(H,17,19). The average Bonchev–Trinajstić information content (AvgIpc) is 3.30. The second-order valence-corrected chi connectivity index (χ2v) is 7.01. The number of rotatable bonds is 6. The number of nitrogens with one attached hydrogen (secondary N) is 1. The molecule has 0 atom stereocenters. The highest BCUT2D eigenvalue weighted by Gasteiger charge is 2.34.